The van der Waals surface area contributed by atoms with Crippen LogP contribution in [-0.4, -0.2) is 62.3 Å². The first kappa shape index (κ1) is 18.7. The summed E-state index contributed by atoms with van der Waals surface area (Å²) < 4.78 is 5.23. The minimum absolute atomic E-state index is 0.883. The van der Waals surface area contributed by atoms with Crippen molar-refractivity contribution in [2.75, 3.05) is 46.4 Å². The molecule has 0 amide bonds. The van der Waals surface area contributed by atoms with Crippen molar-refractivity contribution in [1.29, 1.82) is 0 Å². The van der Waals surface area contributed by atoms with E-state index in [2.05, 4.69) is 23.6 Å². The first-order valence-electron chi connectivity index (χ1n) is 10.6. The summed E-state index contributed by atoms with van der Waals surface area (Å²) in [4.78, 5) is 5.56. The van der Waals surface area contributed by atoms with E-state index in [1.54, 1.807) is 0 Å². The van der Waals surface area contributed by atoms with Crippen LogP contribution in [0.15, 0.2) is 0 Å². The maximum Gasteiger partial charge on any atom is 0.0464 e. The molecule has 140 valence electrons. The molecular formula is C21H40N2O. The van der Waals surface area contributed by atoms with E-state index in [4.69, 9.17) is 4.74 Å². The molecule has 2 heterocycles. The lowest BCUT2D eigenvalue weighted by Crippen LogP contribution is -2.51. The number of rotatable bonds is 7. The monoisotopic (exact) mass is 336 g/mol. The normalized spacial score (nSPS) is 31.5. The number of nitrogens with zero attached hydrogens (tertiary/aromatic N) is 2. The van der Waals surface area contributed by atoms with Gasteiger partial charge in [0, 0.05) is 26.3 Å². The van der Waals surface area contributed by atoms with Crippen molar-refractivity contribution < 1.29 is 4.74 Å². The molecule has 3 rings (SSSR count). The van der Waals surface area contributed by atoms with E-state index in [1.807, 2.05) is 7.11 Å². The Hall–Kier alpha value is -0.120. The summed E-state index contributed by atoms with van der Waals surface area (Å²) >= 11 is 0. The molecule has 3 nitrogen and oxygen atoms in total. The SMILES string of the molecule is COCCC1CCN(C[C@H]2C[C@H](N3CCC(C(C)C)CC3)C2)CC1. The largest absolute Gasteiger partial charge is 0.385 e. The van der Waals surface area contributed by atoms with Gasteiger partial charge >= 0.3 is 0 Å². The molecule has 0 aromatic carbocycles. The molecule has 0 unspecified atom stereocenters. The molecule has 2 aliphatic heterocycles. The highest BCUT2D eigenvalue weighted by atomic mass is 16.5. The molecule has 0 radical (unpaired) electrons. The summed E-state index contributed by atoms with van der Waals surface area (Å²) in [7, 11) is 1.83. The average Bonchev–Trinajstić information content (AvgIpc) is 2.57. The highest BCUT2D eigenvalue weighted by molar-refractivity contribution is 4.91. The minimum atomic E-state index is 0.883. The predicted molar refractivity (Wildman–Crippen MR) is 101 cm³/mol. The van der Waals surface area contributed by atoms with Gasteiger partial charge in [-0.1, -0.05) is 13.8 Å². The van der Waals surface area contributed by atoms with Crippen molar-refractivity contribution in [1.82, 2.24) is 9.80 Å². The zero-order valence-electron chi connectivity index (χ0n) is 16.4. The lowest BCUT2D eigenvalue weighted by atomic mass is 9.77. The van der Waals surface area contributed by atoms with E-state index in [0.29, 0.717) is 0 Å². The van der Waals surface area contributed by atoms with Gasteiger partial charge in [0.05, 0.1) is 0 Å². The number of hydrogen-bond acceptors (Lipinski definition) is 3. The molecule has 2 saturated heterocycles. The van der Waals surface area contributed by atoms with E-state index in [9.17, 15) is 0 Å². The van der Waals surface area contributed by atoms with Gasteiger partial charge in [-0.25, -0.2) is 0 Å². The van der Waals surface area contributed by atoms with E-state index in [-0.39, 0.29) is 0 Å². The van der Waals surface area contributed by atoms with E-state index in [1.165, 1.54) is 77.7 Å². The Balaban J connectivity index is 1.28. The van der Waals surface area contributed by atoms with Gasteiger partial charge in [-0.2, -0.15) is 0 Å². The molecule has 24 heavy (non-hydrogen) atoms. The predicted octanol–water partition coefficient (Wildman–Crippen LogP) is 3.88. The topological polar surface area (TPSA) is 15.7 Å². The molecule has 3 heteroatoms. The summed E-state index contributed by atoms with van der Waals surface area (Å²) in [6.07, 6.45) is 9.86. The van der Waals surface area contributed by atoms with Crippen LogP contribution in [0.4, 0.5) is 0 Å². The van der Waals surface area contributed by atoms with Crippen LogP contribution < -0.4 is 0 Å². The van der Waals surface area contributed by atoms with Crippen LogP contribution >= 0.6 is 0 Å². The fraction of sp³-hybridized carbons (Fsp3) is 1.00. The third-order valence-electron chi connectivity index (χ3n) is 7.20. The molecule has 0 atom stereocenters. The van der Waals surface area contributed by atoms with Crippen LogP contribution in [0.5, 0.6) is 0 Å². The maximum absolute atomic E-state index is 5.23. The van der Waals surface area contributed by atoms with Gasteiger partial charge < -0.3 is 14.5 Å². The fourth-order valence-electron chi connectivity index (χ4n) is 5.21. The second-order valence-corrected chi connectivity index (χ2v) is 9.13. The Labute approximate surface area is 150 Å². The van der Waals surface area contributed by atoms with Crippen molar-refractivity contribution >= 4 is 0 Å². The molecule has 0 N–H and O–H groups in total. The molecule has 0 aromatic heterocycles. The molecule has 3 fully saturated rings. The summed E-state index contributed by atoms with van der Waals surface area (Å²) in [5.74, 6) is 3.76. The third kappa shape index (κ3) is 4.95. The first-order chi connectivity index (χ1) is 11.7. The van der Waals surface area contributed by atoms with Gasteiger partial charge in [0.2, 0.25) is 0 Å². The Morgan fingerprint density at radius 1 is 0.917 bits per heavy atom. The molecule has 0 spiro atoms. The van der Waals surface area contributed by atoms with Gasteiger partial charge in [-0.3, -0.25) is 0 Å². The Morgan fingerprint density at radius 2 is 1.58 bits per heavy atom. The second-order valence-electron chi connectivity index (χ2n) is 9.13. The summed E-state index contributed by atoms with van der Waals surface area (Å²) in [6.45, 7) is 12.5. The Morgan fingerprint density at radius 3 is 2.17 bits per heavy atom. The zero-order valence-corrected chi connectivity index (χ0v) is 16.4. The number of hydrogen-bond donors (Lipinski definition) is 0. The van der Waals surface area contributed by atoms with Gasteiger partial charge in [0.15, 0.2) is 0 Å². The smallest absolute Gasteiger partial charge is 0.0464 e. The quantitative estimate of drug-likeness (QED) is 0.702. The highest BCUT2D eigenvalue weighted by Gasteiger charge is 2.36. The van der Waals surface area contributed by atoms with Crippen molar-refractivity contribution in [3.63, 3.8) is 0 Å². The van der Waals surface area contributed by atoms with Gasteiger partial charge in [-0.15, -0.1) is 0 Å². The summed E-state index contributed by atoms with van der Waals surface area (Å²) in [5, 5.41) is 0. The lowest BCUT2D eigenvalue weighted by molar-refractivity contribution is 0.0218. The molecule has 0 bridgehead atoms. The van der Waals surface area contributed by atoms with Gasteiger partial charge in [0.1, 0.15) is 0 Å². The first-order valence-corrected chi connectivity index (χ1v) is 10.6. The standard InChI is InChI=1S/C21H40N2O/c1-17(2)20-6-11-23(12-7-20)21-14-19(15-21)16-22-9-4-18(5-10-22)8-13-24-3/h17-21H,4-16H2,1-3H3/t19-,21-. The number of likely N-dealkylation sites (tertiary alicyclic amines) is 2. The van der Waals surface area contributed by atoms with E-state index in [0.717, 1.165) is 36.3 Å². The Bertz CT molecular complexity index is 351. The van der Waals surface area contributed by atoms with Gasteiger partial charge in [-0.05, 0) is 94.8 Å². The fourth-order valence-corrected chi connectivity index (χ4v) is 5.21. The maximum atomic E-state index is 5.23. The van der Waals surface area contributed by atoms with Crippen LogP contribution in [-0.2, 0) is 4.74 Å². The van der Waals surface area contributed by atoms with E-state index >= 15 is 0 Å². The minimum Gasteiger partial charge on any atom is -0.385 e. The molecule has 1 saturated carbocycles. The van der Waals surface area contributed by atoms with Crippen molar-refractivity contribution in [2.45, 2.75) is 64.8 Å². The highest BCUT2D eigenvalue weighted by Crippen LogP contribution is 2.36. The number of piperidine rings is 2. The molecule has 0 aromatic rings. The number of ether oxygens (including phenoxy) is 1. The van der Waals surface area contributed by atoms with Crippen LogP contribution in [0.3, 0.4) is 0 Å². The van der Waals surface area contributed by atoms with Crippen molar-refractivity contribution in [3.8, 4) is 0 Å². The molecule has 3 aliphatic rings. The number of methoxy groups -OCH3 is 1. The molecular weight excluding hydrogens is 296 g/mol. The van der Waals surface area contributed by atoms with Crippen molar-refractivity contribution in [2.24, 2.45) is 23.7 Å². The summed E-state index contributed by atoms with van der Waals surface area (Å²) in [5.41, 5.74) is 0. The van der Waals surface area contributed by atoms with Crippen LogP contribution in [0, 0.1) is 23.7 Å². The zero-order chi connectivity index (χ0) is 16.9. The van der Waals surface area contributed by atoms with E-state index < -0.39 is 0 Å². The van der Waals surface area contributed by atoms with Gasteiger partial charge in [0.25, 0.3) is 0 Å². The van der Waals surface area contributed by atoms with Crippen LogP contribution in [0.1, 0.15) is 58.8 Å². The van der Waals surface area contributed by atoms with Crippen LogP contribution in [0.25, 0.3) is 0 Å². The van der Waals surface area contributed by atoms with Crippen molar-refractivity contribution in [3.05, 3.63) is 0 Å². The second kappa shape index (κ2) is 9.00. The third-order valence-corrected chi connectivity index (χ3v) is 7.20. The Kier molecular flexibility index (Phi) is 7.00. The average molecular weight is 337 g/mol. The van der Waals surface area contributed by atoms with Crippen LogP contribution in [0.2, 0.25) is 0 Å². The summed E-state index contributed by atoms with van der Waals surface area (Å²) in [6, 6.07) is 0.919. The molecule has 1 aliphatic carbocycles. The lowest BCUT2D eigenvalue weighted by Gasteiger charge is -2.48.